The highest BCUT2D eigenvalue weighted by Crippen LogP contribution is 2.14. The van der Waals surface area contributed by atoms with E-state index in [0.717, 1.165) is 18.0 Å². The van der Waals surface area contributed by atoms with E-state index < -0.39 is 0 Å². The monoisotopic (exact) mass is 237 g/mol. The first kappa shape index (κ1) is 12.6. The van der Waals surface area contributed by atoms with Gasteiger partial charge in [-0.1, -0.05) is 5.16 Å². The molecule has 0 spiro atoms. The van der Waals surface area contributed by atoms with E-state index in [1.54, 1.807) is 0 Å². The molecule has 0 aliphatic carbocycles. The van der Waals surface area contributed by atoms with E-state index in [2.05, 4.69) is 22.7 Å². The van der Waals surface area contributed by atoms with Gasteiger partial charge in [0.15, 0.2) is 0 Å². The van der Waals surface area contributed by atoms with Gasteiger partial charge in [0.2, 0.25) is 0 Å². The molecule has 0 aromatic carbocycles. The molecule has 1 aromatic heterocycles. The molecule has 4 heteroatoms. The quantitative estimate of drug-likeness (QED) is 0.821. The molecule has 0 saturated carbocycles. The van der Waals surface area contributed by atoms with Crippen LogP contribution in [-0.2, 0) is 6.54 Å². The van der Waals surface area contributed by atoms with Crippen LogP contribution < -0.4 is 10.6 Å². The number of aromatic nitrogens is 1. The van der Waals surface area contributed by atoms with Crippen molar-refractivity contribution in [1.29, 1.82) is 0 Å². The second kappa shape index (κ2) is 5.65. The maximum Gasteiger partial charge on any atom is 0.138 e. The van der Waals surface area contributed by atoms with Crippen LogP contribution >= 0.6 is 0 Å². The van der Waals surface area contributed by atoms with Crippen LogP contribution in [0.25, 0.3) is 0 Å². The molecule has 2 atom stereocenters. The molecule has 1 saturated heterocycles. The van der Waals surface area contributed by atoms with Crippen molar-refractivity contribution in [2.45, 2.75) is 58.7 Å². The number of nitrogens with one attached hydrogen (secondary N) is 2. The van der Waals surface area contributed by atoms with E-state index in [4.69, 9.17) is 4.52 Å². The molecule has 17 heavy (non-hydrogen) atoms. The maximum absolute atomic E-state index is 5.16. The van der Waals surface area contributed by atoms with Gasteiger partial charge in [0, 0.05) is 24.2 Å². The van der Waals surface area contributed by atoms with Crippen molar-refractivity contribution in [2.75, 3.05) is 6.54 Å². The zero-order chi connectivity index (χ0) is 12.3. The van der Waals surface area contributed by atoms with Gasteiger partial charge in [-0.2, -0.15) is 0 Å². The summed E-state index contributed by atoms with van der Waals surface area (Å²) in [6.07, 6.45) is 3.84. The Balaban J connectivity index is 1.77. The fourth-order valence-corrected chi connectivity index (χ4v) is 2.50. The molecular weight excluding hydrogens is 214 g/mol. The summed E-state index contributed by atoms with van der Waals surface area (Å²) < 4.78 is 5.16. The third-order valence-electron chi connectivity index (χ3n) is 3.61. The Bertz CT molecular complexity index is 336. The van der Waals surface area contributed by atoms with Crippen LogP contribution in [0.1, 0.15) is 43.2 Å². The van der Waals surface area contributed by atoms with Gasteiger partial charge in [0.25, 0.3) is 0 Å². The fourth-order valence-electron chi connectivity index (χ4n) is 2.50. The van der Waals surface area contributed by atoms with E-state index in [9.17, 15) is 0 Å². The van der Waals surface area contributed by atoms with Crippen LogP contribution in [0, 0.1) is 13.8 Å². The first-order chi connectivity index (χ1) is 8.16. The SMILES string of the molecule is Cc1noc(C)c1CNC(C)CC1CCCN1. The molecule has 1 fully saturated rings. The lowest BCUT2D eigenvalue weighted by molar-refractivity contribution is 0.390. The van der Waals surface area contributed by atoms with Crippen molar-refractivity contribution in [3.8, 4) is 0 Å². The second-order valence-corrected chi connectivity index (χ2v) is 5.11. The number of aryl methyl sites for hydroxylation is 2. The fraction of sp³-hybridized carbons (Fsp3) is 0.769. The Labute approximate surface area is 103 Å². The van der Waals surface area contributed by atoms with E-state index in [-0.39, 0.29) is 0 Å². The molecule has 1 aliphatic heterocycles. The van der Waals surface area contributed by atoms with Gasteiger partial charge in [-0.15, -0.1) is 0 Å². The number of hydrogen-bond donors (Lipinski definition) is 2. The van der Waals surface area contributed by atoms with Gasteiger partial charge in [-0.05, 0) is 46.6 Å². The second-order valence-electron chi connectivity index (χ2n) is 5.11. The molecule has 2 N–H and O–H groups in total. The van der Waals surface area contributed by atoms with E-state index in [1.807, 2.05) is 13.8 Å². The third-order valence-corrected chi connectivity index (χ3v) is 3.61. The van der Waals surface area contributed by atoms with Gasteiger partial charge < -0.3 is 15.2 Å². The predicted octanol–water partition coefficient (Wildman–Crippen LogP) is 1.91. The van der Waals surface area contributed by atoms with Crippen LogP contribution in [0.4, 0.5) is 0 Å². The zero-order valence-electron chi connectivity index (χ0n) is 11.0. The Morgan fingerprint density at radius 3 is 2.94 bits per heavy atom. The van der Waals surface area contributed by atoms with E-state index in [0.29, 0.717) is 12.1 Å². The van der Waals surface area contributed by atoms with Crippen molar-refractivity contribution in [3.63, 3.8) is 0 Å². The maximum atomic E-state index is 5.16. The summed E-state index contributed by atoms with van der Waals surface area (Å²) in [5, 5.41) is 11.1. The minimum Gasteiger partial charge on any atom is -0.361 e. The van der Waals surface area contributed by atoms with Crippen molar-refractivity contribution >= 4 is 0 Å². The number of rotatable bonds is 5. The zero-order valence-corrected chi connectivity index (χ0v) is 11.0. The highest BCUT2D eigenvalue weighted by atomic mass is 16.5. The summed E-state index contributed by atoms with van der Waals surface area (Å²) in [6.45, 7) is 8.26. The standard InChI is InChI=1S/C13H23N3O/c1-9(7-12-5-4-6-14-12)15-8-13-10(2)16-17-11(13)3/h9,12,14-15H,4-8H2,1-3H3. The smallest absolute Gasteiger partial charge is 0.138 e. The molecule has 1 aliphatic rings. The lowest BCUT2D eigenvalue weighted by Gasteiger charge is -2.18. The lowest BCUT2D eigenvalue weighted by atomic mass is 10.1. The minimum absolute atomic E-state index is 0.527. The van der Waals surface area contributed by atoms with Crippen molar-refractivity contribution < 1.29 is 4.52 Å². The summed E-state index contributed by atoms with van der Waals surface area (Å²) in [5.41, 5.74) is 2.21. The highest BCUT2D eigenvalue weighted by molar-refractivity contribution is 5.20. The lowest BCUT2D eigenvalue weighted by Crippen LogP contribution is -2.33. The molecule has 2 rings (SSSR count). The molecule has 1 aromatic rings. The Hall–Kier alpha value is -0.870. The van der Waals surface area contributed by atoms with Gasteiger partial charge in [0.1, 0.15) is 5.76 Å². The molecule has 0 bridgehead atoms. The van der Waals surface area contributed by atoms with Crippen LogP contribution in [-0.4, -0.2) is 23.8 Å². The summed E-state index contributed by atoms with van der Waals surface area (Å²) >= 11 is 0. The molecule has 4 nitrogen and oxygen atoms in total. The normalized spacial score (nSPS) is 21.9. The minimum atomic E-state index is 0.527. The third kappa shape index (κ3) is 3.30. The number of hydrogen-bond acceptors (Lipinski definition) is 4. The topological polar surface area (TPSA) is 50.1 Å². The predicted molar refractivity (Wildman–Crippen MR) is 67.9 cm³/mol. The molecule has 96 valence electrons. The molecular formula is C13H23N3O. The van der Waals surface area contributed by atoms with E-state index >= 15 is 0 Å². The Kier molecular flexibility index (Phi) is 4.18. The first-order valence-electron chi connectivity index (χ1n) is 6.55. The van der Waals surface area contributed by atoms with E-state index in [1.165, 1.54) is 31.4 Å². The summed E-state index contributed by atoms with van der Waals surface area (Å²) in [4.78, 5) is 0. The molecule has 0 amide bonds. The molecule has 0 radical (unpaired) electrons. The Morgan fingerprint density at radius 1 is 1.53 bits per heavy atom. The Morgan fingerprint density at radius 2 is 2.35 bits per heavy atom. The van der Waals surface area contributed by atoms with Crippen LogP contribution in [0.2, 0.25) is 0 Å². The van der Waals surface area contributed by atoms with Crippen molar-refractivity contribution in [1.82, 2.24) is 15.8 Å². The average Bonchev–Trinajstić information content (AvgIpc) is 2.88. The van der Waals surface area contributed by atoms with Crippen molar-refractivity contribution in [2.24, 2.45) is 0 Å². The van der Waals surface area contributed by atoms with Crippen LogP contribution in [0.3, 0.4) is 0 Å². The summed E-state index contributed by atoms with van der Waals surface area (Å²) in [7, 11) is 0. The largest absolute Gasteiger partial charge is 0.361 e. The first-order valence-corrected chi connectivity index (χ1v) is 6.55. The van der Waals surface area contributed by atoms with Gasteiger partial charge >= 0.3 is 0 Å². The highest BCUT2D eigenvalue weighted by Gasteiger charge is 2.17. The summed E-state index contributed by atoms with van der Waals surface area (Å²) in [6, 6.07) is 1.22. The molecule has 2 heterocycles. The van der Waals surface area contributed by atoms with Crippen LogP contribution in [0.5, 0.6) is 0 Å². The van der Waals surface area contributed by atoms with Gasteiger partial charge in [0.05, 0.1) is 5.69 Å². The van der Waals surface area contributed by atoms with Gasteiger partial charge in [-0.25, -0.2) is 0 Å². The number of nitrogens with zero attached hydrogens (tertiary/aromatic N) is 1. The summed E-state index contributed by atoms with van der Waals surface area (Å²) in [5.74, 6) is 0.932. The van der Waals surface area contributed by atoms with Crippen molar-refractivity contribution in [3.05, 3.63) is 17.0 Å². The van der Waals surface area contributed by atoms with Crippen LogP contribution in [0.15, 0.2) is 4.52 Å². The average molecular weight is 237 g/mol. The van der Waals surface area contributed by atoms with Gasteiger partial charge in [-0.3, -0.25) is 0 Å². The molecule has 2 unspecified atom stereocenters.